The third-order valence-corrected chi connectivity index (χ3v) is 2.73. The van der Waals surface area contributed by atoms with E-state index in [0.29, 0.717) is 8.95 Å². The molecule has 0 aromatic heterocycles. The minimum absolute atomic E-state index is 0.237. The summed E-state index contributed by atoms with van der Waals surface area (Å²) in [6.45, 7) is 0. The number of aromatic hydroxyl groups is 1. The van der Waals surface area contributed by atoms with E-state index in [4.69, 9.17) is 0 Å². The maximum Gasteiger partial charge on any atom is 0.144 e. The second-order valence-corrected chi connectivity index (χ2v) is 4.36. The smallest absolute Gasteiger partial charge is 0.144 e. The van der Waals surface area contributed by atoms with Crippen molar-refractivity contribution < 1.29 is 5.11 Å². The summed E-state index contributed by atoms with van der Waals surface area (Å²) < 4.78 is 1.39. The number of hydrogen-bond donors (Lipinski definition) is 1. The van der Waals surface area contributed by atoms with Gasteiger partial charge in [-0.3, -0.25) is 0 Å². The fraction of sp³-hybridized carbons (Fsp3) is 0.250. The fourth-order valence-corrected chi connectivity index (χ4v) is 1.97. The van der Waals surface area contributed by atoms with E-state index in [1.165, 1.54) is 0 Å². The second-order valence-electron chi connectivity index (χ2n) is 2.65. The van der Waals surface area contributed by atoms with E-state index in [-0.39, 0.29) is 5.75 Å². The van der Waals surface area contributed by atoms with E-state index in [0.717, 1.165) is 5.69 Å². The lowest BCUT2D eigenvalue weighted by molar-refractivity contribution is 0.468. The first-order valence-electron chi connectivity index (χ1n) is 3.37. The fourth-order valence-electron chi connectivity index (χ4n) is 0.810. The average Bonchev–Trinajstić information content (AvgIpc) is 1.99. The van der Waals surface area contributed by atoms with E-state index >= 15 is 0 Å². The van der Waals surface area contributed by atoms with E-state index in [2.05, 4.69) is 31.9 Å². The number of phenols is 1. The van der Waals surface area contributed by atoms with Crippen LogP contribution in [0.5, 0.6) is 5.75 Å². The van der Waals surface area contributed by atoms with Crippen molar-refractivity contribution in [3.63, 3.8) is 0 Å². The van der Waals surface area contributed by atoms with Crippen LogP contribution in [-0.4, -0.2) is 19.2 Å². The van der Waals surface area contributed by atoms with Crippen molar-refractivity contribution in [3.8, 4) is 5.75 Å². The van der Waals surface area contributed by atoms with Gasteiger partial charge in [-0.2, -0.15) is 0 Å². The first-order valence-corrected chi connectivity index (χ1v) is 4.96. The number of halogens is 2. The molecule has 1 N–H and O–H groups in total. The van der Waals surface area contributed by atoms with Crippen molar-refractivity contribution in [2.45, 2.75) is 0 Å². The number of rotatable bonds is 1. The predicted octanol–water partition coefficient (Wildman–Crippen LogP) is 2.98. The number of nitrogens with zero attached hydrogens (tertiary/aromatic N) is 1. The maximum atomic E-state index is 9.40. The summed E-state index contributed by atoms with van der Waals surface area (Å²) >= 11 is 6.52. The highest BCUT2D eigenvalue weighted by molar-refractivity contribution is 9.11. The Bertz CT molecular complexity index is 276. The Balaban J connectivity index is 3.21. The summed E-state index contributed by atoms with van der Waals surface area (Å²) in [6.07, 6.45) is 0. The van der Waals surface area contributed by atoms with Crippen molar-refractivity contribution in [1.29, 1.82) is 0 Å². The monoisotopic (exact) mass is 293 g/mol. The van der Waals surface area contributed by atoms with Crippen LogP contribution < -0.4 is 4.90 Å². The molecule has 0 saturated heterocycles. The molecule has 0 spiro atoms. The van der Waals surface area contributed by atoms with Gasteiger partial charge in [-0.1, -0.05) is 0 Å². The van der Waals surface area contributed by atoms with Crippen LogP contribution in [0.2, 0.25) is 0 Å². The highest BCUT2D eigenvalue weighted by atomic mass is 79.9. The Morgan fingerprint density at radius 2 is 1.58 bits per heavy atom. The van der Waals surface area contributed by atoms with E-state index < -0.39 is 0 Å². The quantitative estimate of drug-likeness (QED) is 0.861. The number of hydrogen-bond acceptors (Lipinski definition) is 2. The third kappa shape index (κ3) is 1.93. The summed E-state index contributed by atoms with van der Waals surface area (Å²) in [7, 11) is 3.90. The van der Waals surface area contributed by atoms with Crippen LogP contribution in [-0.2, 0) is 0 Å². The lowest BCUT2D eigenvalue weighted by Crippen LogP contribution is -2.08. The summed E-state index contributed by atoms with van der Waals surface area (Å²) in [6, 6.07) is 3.72. The number of anilines is 1. The molecule has 1 aromatic carbocycles. The molecule has 0 aliphatic heterocycles. The first kappa shape index (κ1) is 9.86. The molecular formula is C8H9Br2NO. The Hall–Kier alpha value is -0.220. The molecule has 0 heterocycles. The standard InChI is InChI=1S/C8H9Br2NO/c1-11(2)5-3-6(9)8(12)7(10)4-5/h3-4,12H,1-2H3. The van der Waals surface area contributed by atoms with Crippen LogP contribution in [0, 0.1) is 0 Å². The number of benzene rings is 1. The van der Waals surface area contributed by atoms with Crippen molar-refractivity contribution in [2.24, 2.45) is 0 Å². The molecule has 0 atom stereocenters. The van der Waals surface area contributed by atoms with Crippen molar-refractivity contribution >= 4 is 37.5 Å². The molecule has 0 aliphatic carbocycles. The molecular weight excluding hydrogens is 286 g/mol. The maximum absolute atomic E-state index is 9.40. The van der Waals surface area contributed by atoms with E-state index in [1.807, 2.05) is 31.1 Å². The predicted molar refractivity (Wildman–Crippen MR) is 57.8 cm³/mol. The highest BCUT2D eigenvalue weighted by Gasteiger charge is 2.06. The van der Waals surface area contributed by atoms with E-state index in [1.54, 1.807) is 0 Å². The van der Waals surface area contributed by atoms with Crippen LogP contribution in [0.25, 0.3) is 0 Å². The molecule has 0 unspecified atom stereocenters. The van der Waals surface area contributed by atoms with Gasteiger partial charge in [0.25, 0.3) is 0 Å². The molecule has 0 radical (unpaired) electrons. The zero-order valence-electron chi connectivity index (χ0n) is 6.81. The van der Waals surface area contributed by atoms with E-state index in [9.17, 15) is 5.11 Å². The largest absolute Gasteiger partial charge is 0.506 e. The van der Waals surface area contributed by atoms with Gasteiger partial charge >= 0.3 is 0 Å². The summed E-state index contributed by atoms with van der Waals surface area (Å²) in [5.41, 5.74) is 1.03. The van der Waals surface area contributed by atoms with Gasteiger partial charge in [0, 0.05) is 19.8 Å². The average molecular weight is 295 g/mol. The Morgan fingerprint density at radius 1 is 1.17 bits per heavy atom. The van der Waals surface area contributed by atoms with Crippen molar-refractivity contribution in [2.75, 3.05) is 19.0 Å². The lowest BCUT2D eigenvalue weighted by Gasteiger charge is -2.13. The van der Waals surface area contributed by atoms with Gasteiger partial charge in [0.1, 0.15) is 5.75 Å². The zero-order chi connectivity index (χ0) is 9.30. The first-order chi connectivity index (χ1) is 5.52. The molecule has 12 heavy (non-hydrogen) atoms. The van der Waals surface area contributed by atoms with Gasteiger partial charge in [0.15, 0.2) is 0 Å². The van der Waals surface area contributed by atoms with Gasteiger partial charge in [0.05, 0.1) is 8.95 Å². The van der Waals surface area contributed by atoms with Crippen molar-refractivity contribution in [3.05, 3.63) is 21.1 Å². The molecule has 66 valence electrons. The van der Waals surface area contributed by atoms with Crippen LogP contribution >= 0.6 is 31.9 Å². The zero-order valence-corrected chi connectivity index (χ0v) is 9.98. The number of phenolic OH excluding ortho intramolecular Hbond substituents is 1. The topological polar surface area (TPSA) is 23.5 Å². The third-order valence-electron chi connectivity index (χ3n) is 1.52. The second kappa shape index (κ2) is 3.66. The van der Waals surface area contributed by atoms with Crippen LogP contribution in [0.4, 0.5) is 5.69 Å². The van der Waals surface area contributed by atoms with Gasteiger partial charge in [-0.15, -0.1) is 0 Å². The Morgan fingerprint density at radius 3 is 1.92 bits per heavy atom. The van der Waals surface area contributed by atoms with Gasteiger partial charge in [0.2, 0.25) is 0 Å². The molecule has 0 amide bonds. The van der Waals surface area contributed by atoms with Gasteiger partial charge in [-0.05, 0) is 44.0 Å². The van der Waals surface area contributed by atoms with Gasteiger partial charge < -0.3 is 10.0 Å². The molecule has 1 rings (SSSR count). The Kier molecular flexibility index (Phi) is 3.01. The molecule has 0 aliphatic rings. The molecule has 2 nitrogen and oxygen atoms in total. The van der Waals surface area contributed by atoms with Crippen LogP contribution in [0.3, 0.4) is 0 Å². The molecule has 1 aromatic rings. The minimum atomic E-state index is 0.237. The highest BCUT2D eigenvalue weighted by Crippen LogP contribution is 2.35. The van der Waals surface area contributed by atoms with Crippen molar-refractivity contribution in [1.82, 2.24) is 0 Å². The normalized spacial score (nSPS) is 10.0. The molecule has 0 fully saturated rings. The molecule has 0 saturated carbocycles. The lowest BCUT2D eigenvalue weighted by atomic mass is 10.3. The summed E-state index contributed by atoms with van der Waals surface area (Å²) in [4.78, 5) is 1.97. The Labute approximate surface area is 88.5 Å². The SMILES string of the molecule is CN(C)c1cc(Br)c(O)c(Br)c1. The summed E-state index contributed by atoms with van der Waals surface area (Å²) in [5, 5.41) is 9.40. The summed E-state index contributed by atoms with van der Waals surface area (Å²) in [5.74, 6) is 0.237. The molecule has 0 bridgehead atoms. The minimum Gasteiger partial charge on any atom is -0.506 e. The molecule has 4 heteroatoms. The van der Waals surface area contributed by atoms with Crippen LogP contribution in [0.1, 0.15) is 0 Å². The van der Waals surface area contributed by atoms with Crippen LogP contribution in [0.15, 0.2) is 21.1 Å². The van der Waals surface area contributed by atoms with Gasteiger partial charge in [-0.25, -0.2) is 0 Å².